The summed E-state index contributed by atoms with van der Waals surface area (Å²) in [5.41, 5.74) is 13.8. The van der Waals surface area contributed by atoms with Crippen LogP contribution in [0, 0.1) is 0 Å². The lowest BCUT2D eigenvalue weighted by molar-refractivity contribution is 0.735. The fourth-order valence-electron chi connectivity index (χ4n) is 8.37. The molecule has 0 aromatic heterocycles. The van der Waals surface area contributed by atoms with Gasteiger partial charge in [0.05, 0.1) is 5.69 Å². The maximum absolute atomic E-state index is 2.62. The Hall–Kier alpha value is -4.88. The number of hydrogen-bond acceptors (Lipinski definition) is 1. The molecule has 0 saturated carbocycles. The van der Waals surface area contributed by atoms with Crippen LogP contribution in [0.3, 0.4) is 0 Å². The van der Waals surface area contributed by atoms with E-state index in [0.717, 1.165) is 38.6 Å². The van der Waals surface area contributed by atoms with Crippen LogP contribution in [0.4, 0.5) is 11.4 Å². The zero-order valence-electron chi connectivity index (χ0n) is 28.8. The summed E-state index contributed by atoms with van der Waals surface area (Å²) in [5.74, 6) is 0.490. The topological polar surface area (TPSA) is 3.24 Å². The first-order valence-electron chi connectivity index (χ1n) is 18.1. The summed E-state index contributed by atoms with van der Waals surface area (Å²) in [6, 6.07) is 46.3. The molecule has 1 atom stereocenters. The number of fused-ring (bicyclic) bond motifs is 4. The first kappa shape index (κ1) is 30.5. The summed E-state index contributed by atoms with van der Waals surface area (Å²) >= 11 is 0. The lowest BCUT2D eigenvalue weighted by atomic mass is 9.82. The van der Waals surface area contributed by atoms with Gasteiger partial charge in [-0.1, -0.05) is 137 Å². The number of anilines is 2. The molecule has 1 aliphatic rings. The van der Waals surface area contributed by atoms with E-state index in [1.807, 2.05) is 0 Å². The molecule has 238 valence electrons. The molecule has 1 unspecified atom stereocenters. The molecule has 8 rings (SSSR count). The first-order chi connectivity index (χ1) is 23.6. The van der Waals surface area contributed by atoms with Crippen LogP contribution in [0.25, 0.3) is 54.6 Å². The summed E-state index contributed by atoms with van der Waals surface area (Å²) in [4.78, 5) is 2.62. The molecule has 0 amide bonds. The predicted octanol–water partition coefficient (Wildman–Crippen LogP) is 13.2. The van der Waals surface area contributed by atoms with Crippen LogP contribution in [0.5, 0.6) is 0 Å². The molecule has 48 heavy (non-hydrogen) atoms. The van der Waals surface area contributed by atoms with Crippen molar-refractivity contribution in [2.75, 3.05) is 11.4 Å². The van der Waals surface area contributed by atoms with Gasteiger partial charge < -0.3 is 4.90 Å². The van der Waals surface area contributed by atoms with Crippen LogP contribution in [-0.4, -0.2) is 6.54 Å². The van der Waals surface area contributed by atoms with Gasteiger partial charge in [-0.3, -0.25) is 0 Å². The maximum Gasteiger partial charge on any atom is 0.0570 e. The fourth-order valence-corrected chi connectivity index (χ4v) is 8.37. The van der Waals surface area contributed by atoms with E-state index >= 15 is 0 Å². The predicted molar refractivity (Wildman–Crippen MR) is 209 cm³/mol. The molecule has 1 nitrogen and oxygen atoms in total. The van der Waals surface area contributed by atoms with E-state index in [2.05, 4.69) is 154 Å². The molecule has 0 aliphatic carbocycles. The Bertz CT molecular complexity index is 2310. The molecule has 0 radical (unpaired) electrons. The van der Waals surface area contributed by atoms with E-state index in [1.54, 1.807) is 0 Å². The van der Waals surface area contributed by atoms with Gasteiger partial charge in [0, 0.05) is 23.0 Å². The van der Waals surface area contributed by atoms with E-state index in [9.17, 15) is 0 Å². The maximum atomic E-state index is 2.62. The summed E-state index contributed by atoms with van der Waals surface area (Å²) in [5, 5.41) is 8.03. The second-order valence-electron chi connectivity index (χ2n) is 13.6. The second kappa shape index (κ2) is 12.6. The highest BCUT2D eigenvalue weighted by Crippen LogP contribution is 2.50. The third kappa shape index (κ3) is 4.91. The summed E-state index contributed by atoms with van der Waals surface area (Å²) in [6.07, 6.45) is 5.41. The van der Waals surface area contributed by atoms with Gasteiger partial charge in [0.2, 0.25) is 0 Å². The summed E-state index contributed by atoms with van der Waals surface area (Å²) in [7, 11) is 0. The first-order valence-corrected chi connectivity index (χ1v) is 18.1. The number of hydrogen-bond donors (Lipinski definition) is 0. The zero-order chi connectivity index (χ0) is 32.8. The molecule has 0 bridgehead atoms. The van der Waals surface area contributed by atoms with Gasteiger partial charge in [0.15, 0.2) is 0 Å². The van der Waals surface area contributed by atoms with Crippen molar-refractivity contribution in [2.45, 2.75) is 65.7 Å². The minimum atomic E-state index is 0.490. The Balaban J connectivity index is 1.52. The molecule has 1 aliphatic heterocycles. The smallest absolute Gasteiger partial charge is 0.0570 e. The van der Waals surface area contributed by atoms with E-state index in [0.29, 0.717) is 5.92 Å². The van der Waals surface area contributed by atoms with Gasteiger partial charge in [-0.25, -0.2) is 0 Å². The van der Waals surface area contributed by atoms with Gasteiger partial charge in [0.25, 0.3) is 0 Å². The monoisotopic (exact) mass is 623 g/mol. The molecule has 0 fully saturated rings. The summed E-state index contributed by atoms with van der Waals surface area (Å²) in [6.45, 7) is 10.3. The van der Waals surface area contributed by atoms with E-state index < -0.39 is 0 Å². The van der Waals surface area contributed by atoms with Crippen LogP contribution >= 0.6 is 0 Å². The van der Waals surface area contributed by atoms with Crippen molar-refractivity contribution in [3.05, 3.63) is 144 Å². The Morgan fingerprint density at radius 3 is 1.98 bits per heavy atom. The molecule has 1 heteroatoms. The highest BCUT2D eigenvalue weighted by molar-refractivity contribution is 6.24. The van der Waals surface area contributed by atoms with Gasteiger partial charge in [-0.15, -0.1) is 0 Å². The summed E-state index contributed by atoms with van der Waals surface area (Å²) < 4.78 is 0. The van der Waals surface area contributed by atoms with E-state index in [1.165, 1.54) is 88.2 Å². The largest absolute Gasteiger partial charge is 0.340 e. The molecule has 7 aromatic carbocycles. The molecular formula is C47H45N. The third-order valence-electron chi connectivity index (χ3n) is 11.0. The molecule has 0 N–H and O–H groups in total. The highest BCUT2D eigenvalue weighted by atomic mass is 15.1. The van der Waals surface area contributed by atoms with Crippen molar-refractivity contribution in [3.63, 3.8) is 0 Å². The van der Waals surface area contributed by atoms with Crippen molar-refractivity contribution in [1.29, 1.82) is 0 Å². The van der Waals surface area contributed by atoms with Crippen molar-refractivity contribution in [2.24, 2.45) is 0 Å². The van der Waals surface area contributed by atoms with Gasteiger partial charge in [0.1, 0.15) is 0 Å². The number of para-hydroxylation sites is 1. The minimum absolute atomic E-state index is 0.490. The second-order valence-corrected chi connectivity index (χ2v) is 13.6. The van der Waals surface area contributed by atoms with Crippen molar-refractivity contribution in [3.8, 4) is 22.3 Å². The Morgan fingerprint density at radius 1 is 0.562 bits per heavy atom. The van der Waals surface area contributed by atoms with Gasteiger partial charge in [-0.05, 0) is 116 Å². The fraction of sp³-hybridized carbons (Fsp3) is 0.234. The average Bonchev–Trinajstić information content (AvgIpc) is 3.15. The van der Waals surface area contributed by atoms with Crippen LogP contribution in [-0.2, 0) is 19.3 Å². The Morgan fingerprint density at radius 2 is 1.21 bits per heavy atom. The van der Waals surface area contributed by atoms with Gasteiger partial charge in [-0.2, -0.15) is 0 Å². The molecule has 0 saturated heterocycles. The SMILES string of the molecule is CCc1ccccc1-c1c(CC)cc(-c2c3ccccc3c(N3CCCc4ccccc43)c3ccc(C(C)CC)cc23)c2ccccc12. The quantitative estimate of drug-likeness (QED) is 0.160. The van der Waals surface area contributed by atoms with Crippen LogP contribution in [0.15, 0.2) is 121 Å². The molecular weight excluding hydrogens is 579 g/mol. The van der Waals surface area contributed by atoms with Crippen molar-refractivity contribution >= 4 is 43.7 Å². The Kier molecular flexibility index (Phi) is 8.01. The van der Waals surface area contributed by atoms with Crippen LogP contribution in [0.2, 0.25) is 0 Å². The molecule has 1 heterocycles. The lowest BCUT2D eigenvalue weighted by Gasteiger charge is -2.34. The molecule has 7 aromatic rings. The van der Waals surface area contributed by atoms with Crippen LogP contribution < -0.4 is 4.90 Å². The van der Waals surface area contributed by atoms with Gasteiger partial charge >= 0.3 is 0 Å². The highest BCUT2D eigenvalue weighted by Gasteiger charge is 2.26. The normalized spacial score (nSPS) is 13.7. The molecule has 0 spiro atoms. The van der Waals surface area contributed by atoms with Crippen molar-refractivity contribution < 1.29 is 0 Å². The average molecular weight is 624 g/mol. The standard InChI is InChI=1S/C47H45N/c1-5-31(4)35-26-27-41-43(30-35)46(39-23-13-14-24-40(39)47(41)48-28-16-19-34-18-9-15-25-44(34)48)42-29-33(7-3)45(38-22-12-11-21-37(38)42)36-20-10-8-17-32(36)6-2/h8-15,17-18,20-27,29-31H,5-7,16,19,28H2,1-4H3. The third-order valence-corrected chi connectivity index (χ3v) is 11.0. The Labute approximate surface area is 285 Å². The number of benzene rings is 7. The van der Waals surface area contributed by atoms with Crippen LogP contribution in [0.1, 0.15) is 68.7 Å². The van der Waals surface area contributed by atoms with E-state index in [-0.39, 0.29) is 0 Å². The zero-order valence-corrected chi connectivity index (χ0v) is 28.8. The minimum Gasteiger partial charge on any atom is -0.340 e. The van der Waals surface area contributed by atoms with E-state index in [4.69, 9.17) is 0 Å². The lowest BCUT2D eigenvalue weighted by Crippen LogP contribution is -2.25. The number of nitrogens with zero attached hydrogens (tertiary/aromatic N) is 1. The number of aryl methyl sites for hydroxylation is 3. The van der Waals surface area contributed by atoms with Crippen molar-refractivity contribution in [1.82, 2.24) is 0 Å². The number of rotatable bonds is 7.